The quantitative estimate of drug-likeness (QED) is 0.607. The van der Waals surface area contributed by atoms with Gasteiger partial charge in [0.25, 0.3) is 0 Å². The first kappa shape index (κ1) is 15.4. The lowest BCUT2D eigenvalue weighted by molar-refractivity contribution is 0.617. The average molecular weight is 345 g/mol. The maximum atomic E-state index is 4.54. The van der Waals surface area contributed by atoms with Crippen molar-refractivity contribution in [1.29, 1.82) is 0 Å². The largest absolute Gasteiger partial charge is 0.348 e. The number of hydrogen-bond acceptors (Lipinski definition) is 2. The summed E-state index contributed by atoms with van der Waals surface area (Å²) < 4.78 is 4.74. The molecule has 0 amide bonds. The molecule has 1 aliphatic heterocycles. The molecule has 1 N–H and O–H groups in total. The fourth-order valence-electron chi connectivity index (χ4n) is 4.43. The summed E-state index contributed by atoms with van der Waals surface area (Å²) in [6, 6.07) is 6.79. The second kappa shape index (κ2) is 5.87. The Morgan fingerprint density at radius 1 is 1.19 bits per heavy atom. The van der Waals surface area contributed by atoms with Crippen LogP contribution in [-0.4, -0.2) is 24.1 Å². The van der Waals surface area contributed by atoms with E-state index in [9.17, 15) is 0 Å². The SMILES string of the molecule is Cc1[nH]cnc1-c1nccn1CCc1c(C)n2c3c(cccc13)CCC2. The van der Waals surface area contributed by atoms with Crippen LogP contribution in [0.4, 0.5) is 0 Å². The highest BCUT2D eigenvalue weighted by Crippen LogP contribution is 2.33. The number of para-hydroxylation sites is 1. The van der Waals surface area contributed by atoms with E-state index in [-0.39, 0.29) is 0 Å². The minimum Gasteiger partial charge on any atom is -0.348 e. The summed E-state index contributed by atoms with van der Waals surface area (Å²) in [7, 11) is 0. The zero-order valence-electron chi connectivity index (χ0n) is 15.3. The lowest BCUT2D eigenvalue weighted by Crippen LogP contribution is -2.09. The molecule has 26 heavy (non-hydrogen) atoms. The highest BCUT2D eigenvalue weighted by Gasteiger charge is 2.20. The van der Waals surface area contributed by atoms with Crippen LogP contribution >= 0.6 is 0 Å². The molecule has 3 aromatic heterocycles. The smallest absolute Gasteiger partial charge is 0.160 e. The number of hydrogen-bond donors (Lipinski definition) is 1. The van der Waals surface area contributed by atoms with E-state index in [4.69, 9.17) is 0 Å². The molecular weight excluding hydrogens is 322 g/mol. The highest BCUT2D eigenvalue weighted by atomic mass is 15.1. The minimum atomic E-state index is 0.909. The average Bonchev–Trinajstić information content (AvgIpc) is 3.34. The van der Waals surface area contributed by atoms with Crippen molar-refractivity contribution in [2.45, 2.75) is 46.2 Å². The number of benzene rings is 1. The van der Waals surface area contributed by atoms with Gasteiger partial charge in [-0.15, -0.1) is 0 Å². The van der Waals surface area contributed by atoms with Crippen LogP contribution < -0.4 is 0 Å². The Balaban J connectivity index is 1.51. The van der Waals surface area contributed by atoms with E-state index in [1.165, 1.54) is 40.6 Å². The topological polar surface area (TPSA) is 51.4 Å². The molecule has 0 atom stereocenters. The predicted molar refractivity (Wildman–Crippen MR) is 103 cm³/mol. The Morgan fingerprint density at radius 3 is 2.96 bits per heavy atom. The van der Waals surface area contributed by atoms with E-state index in [1.54, 1.807) is 6.33 Å². The molecule has 0 saturated heterocycles. The molecule has 1 aromatic carbocycles. The molecular formula is C21H23N5. The van der Waals surface area contributed by atoms with Crippen LogP contribution in [0, 0.1) is 13.8 Å². The first-order valence-electron chi connectivity index (χ1n) is 9.35. The number of aromatic nitrogens is 5. The molecule has 0 saturated carbocycles. The van der Waals surface area contributed by atoms with Crippen LogP contribution in [0.2, 0.25) is 0 Å². The van der Waals surface area contributed by atoms with Crippen molar-refractivity contribution in [1.82, 2.24) is 24.1 Å². The van der Waals surface area contributed by atoms with E-state index < -0.39 is 0 Å². The van der Waals surface area contributed by atoms with Crippen LogP contribution in [-0.2, 0) is 25.9 Å². The zero-order chi connectivity index (χ0) is 17.7. The van der Waals surface area contributed by atoms with Gasteiger partial charge in [0.15, 0.2) is 5.82 Å². The van der Waals surface area contributed by atoms with Crippen LogP contribution in [0.3, 0.4) is 0 Å². The molecule has 0 unspecified atom stereocenters. The summed E-state index contributed by atoms with van der Waals surface area (Å²) >= 11 is 0. The number of aromatic amines is 1. The molecule has 132 valence electrons. The van der Waals surface area contributed by atoms with Crippen molar-refractivity contribution in [3.8, 4) is 11.5 Å². The molecule has 5 heteroatoms. The van der Waals surface area contributed by atoms with Crippen LogP contribution in [0.5, 0.6) is 0 Å². The second-order valence-corrected chi connectivity index (χ2v) is 7.20. The molecule has 0 spiro atoms. The van der Waals surface area contributed by atoms with Gasteiger partial charge in [-0.1, -0.05) is 18.2 Å². The third-order valence-corrected chi connectivity index (χ3v) is 5.74. The minimum absolute atomic E-state index is 0.909. The van der Waals surface area contributed by atoms with Gasteiger partial charge in [0, 0.05) is 42.3 Å². The van der Waals surface area contributed by atoms with Crippen LogP contribution in [0.25, 0.3) is 22.4 Å². The number of nitrogens with one attached hydrogen (secondary N) is 1. The summed E-state index contributed by atoms with van der Waals surface area (Å²) in [6.45, 7) is 6.36. The van der Waals surface area contributed by atoms with Crippen molar-refractivity contribution >= 4 is 10.9 Å². The van der Waals surface area contributed by atoms with Crippen LogP contribution in [0.15, 0.2) is 36.9 Å². The lowest BCUT2D eigenvalue weighted by atomic mass is 10.0. The molecule has 4 aromatic rings. The number of rotatable bonds is 4. The Bertz CT molecular complexity index is 1100. The summed E-state index contributed by atoms with van der Waals surface area (Å²) in [4.78, 5) is 12.1. The molecule has 5 nitrogen and oxygen atoms in total. The number of aryl methyl sites for hydroxylation is 5. The summed E-state index contributed by atoms with van der Waals surface area (Å²) in [5.41, 5.74) is 7.85. The van der Waals surface area contributed by atoms with E-state index in [1.807, 2.05) is 13.1 Å². The predicted octanol–water partition coefficient (Wildman–Crippen LogP) is 4.03. The Labute approximate surface area is 152 Å². The maximum absolute atomic E-state index is 4.54. The lowest BCUT2D eigenvalue weighted by Gasteiger charge is -2.16. The third-order valence-electron chi connectivity index (χ3n) is 5.74. The van der Waals surface area contributed by atoms with Crippen molar-refractivity contribution in [2.24, 2.45) is 0 Å². The first-order chi connectivity index (χ1) is 12.7. The standard InChI is InChI=1S/C21H23N5/c1-14-19(24-13-23-14)21-22-9-12-25(21)11-8-17-15(2)26-10-4-6-16-5-3-7-18(17)20(16)26/h3,5,7,9,12-13H,4,6,8,10-11H2,1-2H3,(H,23,24). The van der Waals surface area contributed by atoms with Gasteiger partial charge in [-0.25, -0.2) is 9.97 Å². The molecule has 0 fully saturated rings. The molecule has 0 radical (unpaired) electrons. The van der Waals surface area contributed by atoms with Gasteiger partial charge in [0.2, 0.25) is 0 Å². The van der Waals surface area contributed by atoms with E-state index >= 15 is 0 Å². The summed E-state index contributed by atoms with van der Waals surface area (Å²) in [5.74, 6) is 0.940. The van der Waals surface area contributed by atoms with Gasteiger partial charge in [-0.3, -0.25) is 0 Å². The normalized spacial score (nSPS) is 13.6. The second-order valence-electron chi connectivity index (χ2n) is 7.20. The molecule has 5 rings (SSSR count). The Hall–Kier alpha value is -2.82. The zero-order valence-corrected chi connectivity index (χ0v) is 15.3. The molecule has 4 heterocycles. The van der Waals surface area contributed by atoms with Crippen molar-refractivity contribution < 1.29 is 0 Å². The number of imidazole rings is 2. The third kappa shape index (κ3) is 2.23. The number of H-pyrrole nitrogens is 1. The van der Waals surface area contributed by atoms with Gasteiger partial charge >= 0.3 is 0 Å². The molecule has 0 bridgehead atoms. The van der Waals surface area contributed by atoms with Gasteiger partial charge in [-0.05, 0) is 44.2 Å². The molecule has 1 aliphatic rings. The number of nitrogens with zero attached hydrogens (tertiary/aromatic N) is 4. The highest BCUT2D eigenvalue weighted by molar-refractivity contribution is 5.88. The fraction of sp³-hybridized carbons (Fsp3) is 0.333. The van der Waals surface area contributed by atoms with Crippen LogP contribution in [0.1, 0.15) is 28.9 Å². The van der Waals surface area contributed by atoms with Gasteiger partial charge in [0.1, 0.15) is 5.69 Å². The van der Waals surface area contributed by atoms with Gasteiger partial charge < -0.3 is 14.1 Å². The first-order valence-corrected chi connectivity index (χ1v) is 9.35. The van der Waals surface area contributed by atoms with Gasteiger partial charge in [0.05, 0.1) is 11.8 Å². The fourth-order valence-corrected chi connectivity index (χ4v) is 4.43. The monoisotopic (exact) mass is 345 g/mol. The molecule has 0 aliphatic carbocycles. The summed E-state index contributed by atoms with van der Waals surface area (Å²) in [6.07, 6.45) is 9.10. The van der Waals surface area contributed by atoms with Crippen molar-refractivity contribution in [3.63, 3.8) is 0 Å². The van der Waals surface area contributed by atoms with E-state index in [2.05, 4.69) is 55.4 Å². The van der Waals surface area contributed by atoms with Crippen molar-refractivity contribution in [3.05, 3.63) is 59.4 Å². The van der Waals surface area contributed by atoms with E-state index in [0.717, 1.165) is 36.7 Å². The maximum Gasteiger partial charge on any atom is 0.160 e. The van der Waals surface area contributed by atoms with Gasteiger partial charge in [-0.2, -0.15) is 0 Å². The Morgan fingerprint density at radius 2 is 2.12 bits per heavy atom. The summed E-state index contributed by atoms with van der Waals surface area (Å²) in [5, 5.41) is 1.43. The van der Waals surface area contributed by atoms with E-state index in [0.29, 0.717) is 0 Å². The van der Waals surface area contributed by atoms with Crippen molar-refractivity contribution in [2.75, 3.05) is 0 Å². The Kier molecular flexibility index (Phi) is 3.48.